The molecule has 2 aromatic rings. The van der Waals surface area contributed by atoms with E-state index < -0.39 is 7.12 Å². The number of hydrogen-bond acceptors (Lipinski definition) is 3. The van der Waals surface area contributed by atoms with E-state index in [0.29, 0.717) is 5.46 Å². The minimum atomic E-state index is -1.44. The lowest BCUT2D eigenvalue weighted by Gasteiger charge is -2.03. The molecule has 5 heteroatoms. The highest BCUT2D eigenvalue weighted by molar-refractivity contribution is 6.61. The summed E-state index contributed by atoms with van der Waals surface area (Å²) in [6, 6.07) is 5.44. The summed E-state index contributed by atoms with van der Waals surface area (Å²) in [6.45, 7) is 2.92. The first kappa shape index (κ1) is 10.2. The van der Waals surface area contributed by atoms with E-state index in [2.05, 4.69) is 12.0 Å². The molecule has 78 valence electrons. The van der Waals surface area contributed by atoms with Gasteiger partial charge in [-0.15, -0.1) is 0 Å². The Hall–Kier alpha value is -1.33. The van der Waals surface area contributed by atoms with Gasteiger partial charge in [0, 0.05) is 11.9 Å². The summed E-state index contributed by atoms with van der Waals surface area (Å²) in [4.78, 5) is 0. The minimum Gasteiger partial charge on any atom is -0.423 e. The van der Waals surface area contributed by atoms with Gasteiger partial charge < -0.3 is 10.0 Å². The largest absolute Gasteiger partial charge is 0.489 e. The number of benzene rings is 1. The summed E-state index contributed by atoms with van der Waals surface area (Å²) >= 11 is 0. The zero-order valence-electron chi connectivity index (χ0n) is 8.59. The number of nitrogens with zero attached hydrogens (tertiary/aromatic N) is 2. The molecular weight excluding hydrogens is 191 g/mol. The first-order valence-electron chi connectivity index (χ1n) is 5.04. The van der Waals surface area contributed by atoms with Crippen molar-refractivity contribution in [2.24, 2.45) is 0 Å². The van der Waals surface area contributed by atoms with Crippen molar-refractivity contribution >= 4 is 23.5 Å². The number of hydrogen-bond donors (Lipinski definition) is 2. The van der Waals surface area contributed by atoms with Crippen LogP contribution in [-0.4, -0.2) is 26.9 Å². The lowest BCUT2D eigenvalue weighted by Crippen LogP contribution is -2.30. The number of aryl methyl sites for hydroxylation is 1. The van der Waals surface area contributed by atoms with Crippen LogP contribution in [0.15, 0.2) is 24.4 Å². The fourth-order valence-corrected chi connectivity index (χ4v) is 1.74. The van der Waals surface area contributed by atoms with Crippen LogP contribution >= 0.6 is 0 Å². The Bertz CT molecular complexity index is 467. The fourth-order valence-electron chi connectivity index (χ4n) is 1.74. The molecular formula is C10H13BN2O2. The zero-order valence-corrected chi connectivity index (χ0v) is 8.59. The van der Waals surface area contributed by atoms with E-state index >= 15 is 0 Å². The quantitative estimate of drug-likeness (QED) is 0.698. The Morgan fingerprint density at radius 2 is 2.20 bits per heavy atom. The summed E-state index contributed by atoms with van der Waals surface area (Å²) < 4.78 is 1.88. The Morgan fingerprint density at radius 1 is 1.40 bits per heavy atom. The van der Waals surface area contributed by atoms with Crippen molar-refractivity contribution in [3.8, 4) is 0 Å². The third-order valence-corrected chi connectivity index (χ3v) is 2.43. The fraction of sp³-hybridized carbons (Fsp3) is 0.300. The third-order valence-electron chi connectivity index (χ3n) is 2.43. The minimum absolute atomic E-state index is 0.509. The van der Waals surface area contributed by atoms with Crippen molar-refractivity contribution in [2.75, 3.05) is 0 Å². The molecule has 0 bridgehead atoms. The van der Waals surface area contributed by atoms with Gasteiger partial charge in [0.2, 0.25) is 0 Å². The first-order chi connectivity index (χ1) is 7.24. The summed E-state index contributed by atoms with van der Waals surface area (Å²) in [7, 11) is -1.44. The summed E-state index contributed by atoms with van der Waals surface area (Å²) in [5.41, 5.74) is 1.46. The molecule has 0 spiro atoms. The molecule has 0 unspecified atom stereocenters. The average molecular weight is 204 g/mol. The Balaban J connectivity index is 2.58. The van der Waals surface area contributed by atoms with E-state index in [1.807, 2.05) is 16.8 Å². The maximum Gasteiger partial charge on any atom is 0.489 e. The SMILES string of the molecule is CCCn1ncc2c(B(O)O)cccc21. The highest BCUT2D eigenvalue weighted by atomic mass is 16.4. The standard InChI is InChI=1S/C10H13BN2O2/c1-2-6-13-10-5-3-4-9(11(14)15)8(10)7-12-13/h3-5,7,14-15H,2,6H2,1H3. The van der Waals surface area contributed by atoms with E-state index in [4.69, 9.17) is 0 Å². The molecule has 1 aromatic carbocycles. The Morgan fingerprint density at radius 3 is 2.87 bits per heavy atom. The van der Waals surface area contributed by atoms with E-state index in [-0.39, 0.29) is 0 Å². The lowest BCUT2D eigenvalue weighted by atomic mass is 9.78. The van der Waals surface area contributed by atoms with Gasteiger partial charge in [0.25, 0.3) is 0 Å². The second-order valence-electron chi connectivity index (χ2n) is 3.52. The second-order valence-corrected chi connectivity index (χ2v) is 3.52. The van der Waals surface area contributed by atoms with Gasteiger partial charge in [0.1, 0.15) is 0 Å². The topological polar surface area (TPSA) is 58.3 Å². The summed E-state index contributed by atoms with van der Waals surface area (Å²) in [5.74, 6) is 0. The lowest BCUT2D eigenvalue weighted by molar-refractivity contribution is 0.426. The van der Waals surface area contributed by atoms with Gasteiger partial charge in [0.05, 0.1) is 11.7 Å². The van der Waals surface area contributed by atoms with E-state index in [0.717, 1.165) is 23.9 Å². The van der Waals surface area contributed by atoms with Crippen LogP contribution in [0.5, 0.6) is 0 Å². The van der Waals surface area contributed by atoms with Crippen molar-refractivity contribution in [3.05, 3.63) is 24.4 Å². The van der Waals surface area contributed by atoms with E-state index in [1.165, 1.54) is 0 Å². The molecule has 0 atom stereocenters. The zero-order chi connectivity index (χ0) is 10.8. The molecule has 0 aliphatic carbocycles. The van der Waals surface area contributed by atoms with Gasteiger partial charge in [0.15, 0.2) is 0 Å². The molecule has 0 aliphatic heterocycles. The van der Waals surface area contributed by atoms with Crippen molar-refractivity contribution in [3.63, 3.8) is 0 Å². The molecule has 2 rings (SSSR count). The van der Waals surface area contributed by atoms with Gasteiger partial charge >= 0.3 is 7.12 Å². The molecule has 0 saturated carbocycles. The smallest absolute Gasteiger partial charge is 0.423 e. The monoisotopic (exact) mass is 204 g/mol. The van der Waals surface area contributed by atoms with Crippen LogP contribution in [-0.2, 0) is 6.54 Å². The molecule has 1 heterocycles. The van der Waals surface area contributed by atoms with Gasteiger partial charge in [-0.3, -0.25) is 4.68 Å². The molecule has 0 fully saturated rings. The number of rotatable bonds is 3. The third kappa shape index (κ3) is 1.76. The van der Waals surface area contributed by atoms with E-state index in [1.54, 1.807) is 12.3 Å². The van der Waals surface area contributed by atoms with Gasteiger partial charge in [-0.2, -0.15) is 5.10 Å². The van der Waals surface area contributed by atoms with Crippen molar-refractivity contribution < 1.29 is 10.0 Å². The van der Waals surface area contributed by atoms with Crippen molar-refractivity contribution in [1.82, 2.24) is 9.78 Å². The maximum atomic E-state index is 9.18. The summed E-state index contributed by atoms with van der Waals surface area (Å²) in [5, 5.41) is 23.4. The highest BCUT2D eigenvalue weighted by Crippen LogP contribution is 2.11. The normalized spacial score (nSPS) is 10.9. The van der Waals surface area contributed by atoms with Gasteiger partial charge in [-0.05, 0) is 17.9 Å². The van der Waals surface area contributed by atoms with Gasteiger partial charge in [-0.1, -0.05) is 19.1 Å². The molecule has 0 amide bonds. The van der Waals surface area contributed by atoms with Crippen LogP contribution in [0.2, 0.25) is 0 Å². The first-order valence-corrected chi connectivity index (χ1v) is 5.04. The molecule has 0 aliphatic rings. The molecule has 2 N–H and O–H groups in total. The molecule has 0 radical (unpaired) electrons. The van der Waals surface area contributed by atoms with Crippen LogP contribution in [0.3, 0.4) is 0 Å². The molecule has 0 saturated heterocycles. The molecule has 15 heavy (non-hydrogen) atoms. The maximum absolute atomic E-state index is 9.18. The molecule has 1 aromatic heterocycles. The van der Waals surface area contributed by atoms with Crippen LogP contribution in [0, 0.1) is 0 Å². The van der Waals surface area contributed by atoms with Gasteiger partial charge in [-0.25, -0.2) is 0 Å². The van der Waals surface area contributed by atoms with Crippen molar-refractivity contribution in [2.45, 2.75) is 19.9 Å². The predicted octanol–water partition coefficient (Wildman–Crippen LogP) is 0.126. The van der Waals surface area contributed by atoms with Crippen LogP contribution in [0.1, 0.15) is 13.3 Å². The number of aromatic nitrogens is 2. The van der Waals surface area contributed by atoms with Crippen LogP contribution in [0.4, 0.5) is 0 Å². The second kappa shape index (κ2) is 4.04. The molecule has 4 nitrogen and oxygen atoms in total. The van der Waals surface area contributed by atoms with Crippen LogP contribution in [0.25, 0.3) is 10.9 Å². The average Bonchev–Trinajstić information content (AvgIpc) is 2.62. The Kier molecular flexibility index (Phi) is 2.75. The van der Waals surface area contributed by atoms with Crippen molar-refractivity contribution in [1.29, 1.82) is 0 Å². The summed E-state index contributed by atoms with van der Waals surface area (Å²) in [6.07, 6.45) is 2.68. The number of fused-ring (bicyclic) bond motifs is 1. The van der Waals surface area contributed by atoms with E-state index in [9.17, 15) is 10.0 Å². The van der Waals surface area contributed by atoms with Crippen LogP contribution < -0.4 is 5.46 Å². The Labute approximate surface area is 88.3 Å². The highest BCUT2D eigenvalue weighted by Gasteiger charge is 2.16. The predicted molar refractivity (Wildman–Crippen MR) is 59.8 cm³/mol.